The lowest BCUT2D eigenvalue weighted by atomic mass is 9.74. The van der Waals surface area contributed by atoms with Crippen LogP contribution in [0.15, 0.2) is 152 Å². The van der Waals surface area contributed by atoms with Gasteiger partial charge in [0.25, 0.3) is 0 Å². The molecule has 0 nitrogen and oxygen atoms in total. The molecule has 0 radical (unpaired) electrons. The first-order chi connectivity index (χ1) is 26.7. The van der Waals surface area contributed by atoms with E-state index in [1.54, 1.807) is 0 Å². The summed E-state index contributed by atoms with van der Waals surface area (Å²) in [6.07, 6.45) is 2.47. The predicted molar refractivity (Wildman–Crippen MR) is 240 cm³/mol. The van der Waals surface area contributed by atoms with E-state index in [2.05, 4.69) is 199 Å². The fraction of sp³-hybridized carbons (Fsp3) is 0.164. The molecular weight excluding hydrogens is 661 g/mol. The molecule has 55 heavy (non-hydrogen) atoms. The van der Waals surface area contributed by atoms with Gasteiger partial charge >= 0.3 is 0 Å². The lowest BCUT2D eigenvalue weighted by molar-refractivity contribution is 0.701. The summed E-state index contributed by atoms with van der Waals surface area (Å²) in [5.74, 6) is 0.911. The third kappa shape index (κ3) is 5.19. The van der Waals surface area contributed by atoms with Gasteiger partial charge in [0.1, 0.15) is 0 Å². The van der Waals surface area contributed by atoms with Gasteiger partial charge < -0.3 is 0 Å². The van der Waals surface area contributed by atoms with Crippen LogP contribution < -0.4 is 0 Å². The smallest absolute Gasteiger partial charge is 0.0159 e. The molecule has 0 fully saturated rings. The minimum absolute atomic E-state index is 0.146. The average molecular weight is 707 g/mol. The van der Waals surface area contributed by atoms with E-state index in [1.165, 1.54) is 110 Å². The molecule has 9 aromatic rings. The first-order valence-electron chi connectivity index (χ1n) is 20.0. The Labute approximate surface area is 324 Å². The van der Waals surface area contributed by atoms with Gasteiger partial charge in [0.2, 0.25) is 0 Å². The Kier molecular flexibility index (Phi) is 7.65. The Hall–Kier alpha value is -5.98. The Morgan fingerprint density at radius 2 is 0.982 bits per heavy atom. The van der Waals surface area contributed by atoms with Crippen molar-refractivity contribution in [1.29, 1.82) is 0 Å². The van der Waals surface area contributed by atoms with Gasteiger partial charge in [-0.15, -0.1) is 0 Å². The number of allylic oxidation sites excluding steroid dienone is 1. The minimum atomic E-state index is -0.146. The van der Waals surface area contributed by atoms with Gasteiger partial charge in [-0.2, -0.15) is 0 Å². The topological polar surface area (TPSA) is 0 Å². The van der Waals surface area contributed by atoms with Gasteiger partial charge in [-0.25, -0.2) is 0 Å². The maximum Gasteiger partial charge on any atom is 0.0159 e. The summed E-state index contributed by atoms with van der Waals surface area (Å²) in [4.78, 5) is 0. The molecular formula is C55H46. The second kappa shape index (κ2) is 12.5. The zero-order chi connectivity index (χ0) is 37.6. The van der Waals surface area contributed by atoms with Gasteiger partial charge in [-0.3, -0.25) is 0 Å². The number of benzene rings is 9. The molecule has 0 spiro atoms. The Bertz CT molecular complexity index is 2990. The molecule has 0 saturated carbocycles. The van der Waals surface area contributed by atoms with E-state index >= 15 is 0 Å². The van der Waals surface area contributed by atoms with Crippen LogP contribution >= 0.6 is 0 Å². The predicted octanol–water partition coefficient (Wildman–Crippen LogP) is 15.9. The SMILES string of the molecule is CC(C)c1ccc2c(c1)C(C)(C)C(c1c3ccccc3c(-c3cc4cc(-c5cccc6ccccc56)ccc4c4ccc(C(C)C)cc34)c3ccccc13)=C2. The summed E-state index contributed by atoms with van der Waals surface area (Å²) in [6.45, 7) is 14.0. The van der Waals surface area contributed by atoms with Crippen molar-refractivity contribution < 1.29 is 0 Å². The van der Waals surface area contributed by atoms with E-state index in [0.717, 1.165) is 0 Å². The molecule has 10 rings (SSSR count). The van der Waals surface area contributed by atoms with Gasteiger partial charge in [0, 0.05) is 5.41 Å². The molecule has 0 heteroatoms. The van der Waals surface area contributed by atoms with E-state index < -0.39 is 0 Å². The highest BCUT2D eigenvalue weighted by atomic mass is 14.4. The Balaban J connectivity index is 1.28. The van der Waals surface area contributed by atoms with E-state index in [1.807, 2.05) is 0 Å². The lowest BCUT2D eigenvalue weighted by Crippen LogP contribution is -2.17. The summed E-state index contributed by atoms with van der Waals surface area (Å²) in [5, 5.41) is 12.9. The molecule has 0 amide bonds. The van der Waals surface area contributed by atoms with Crippen molar-refractivity contribution in [3.05, 3.63) is 179 Å². The summed E-state index contributed by atoms with van der Waals surface area (Å²) < 4.78 is 0. The van der Waals surface area contributed by atoms with Gasteiger partial charge in [0.15, 0.2) is 0 Å². The monoisotopic (exact) mass is 706 g/mol. The van der Waals surface area contributed by atoms with Crippen LogP contribution in [0.2, 0.25) is 0 Å². The Morgan fingerprint density at radius 3 is 1.67 bits per heavy atom. The fourth-order valence-electron chi connectivity index (χ4n) is 9.57. The van der Waals surface area contributed by atoms with Crippen LogP contribution in [0, 0.1) is 0 Å². The first kappa shape index (κ1) is 33.6. The molecule has 0 aliphatic heterocycles. The fourth-order valence-corrected chi connectivity index (χ4v) is 9.57. The molecule has 0 bridgehead atoms. The van der Waals surface area contributed by atoms with Crippen LogP contribution in [-0.2, 0) is 5.41 Å². The Morgan fingerprint density at radius 1 is 0.400 bits per heavy atom. The maximum absolute atomic E-state index is 2.49. The maximum atomic E-state index is 2.49. The van der Waals surface area contributed by atoms with Crippen LogP contribution in [0.25, 0.3) is 87.8 Å². The third-order valence-electron chi connectivity index (χ3n) is 12.6. The molecule has 0 N–H and O–H groups in total. The highest BCUT2D eigenvalue weighted by Gasteiger charge is 2.36. The molecule has 1 aliphatic rings. The number of fused-ring (bicyclic) bond motifs is 7. The van der Waals surface area contributed by atoms with E-state index in [4.69, 9.17) is 0 Å². The second-order valence-corrected chi connectivity index (χ2v) is 16.9. The van der Waals surface area contributed by atoms with Gasteiger partial charge in [0.05, 0.1) is 0 Å². The molecule has 1 aliphatic carbocycles. The standard InChI is InChI=1S/C55H46/c1-33(2)36-24-27-44-43-26-25-38(42-21-13-15-35-14-7-8-16-41(35)42)28-40(43)30-50(49(44)29-36)53-45-17-9-11-19-47(45)54(48-20-12-10-18-46(48)53)52-32-39-23-22-37(34(3)4)31-51(39)55(52,5)6/h7-34H,1-6H3. The average Bonchev–Trinajstić information content (AvgIpc) is 3.47. The van der Waals surface area contributed by atoms with Crippen molar-refractivity contribution in [2.75, 3.05) is 0 Å². The minimum Gasteiger partial charge on any atom is -0.0616 e. The van der Waals surface area contributed by atoms with E-state index in [9.17, 15) is 0 Å². The normalized spacial score (nSPS) is 13.9. The second-order valence-electron chi connectivity index (χ2n) is 16.9. The van der Waals surface area contributed by atoms with Gasteiger partial charge in [-0.05, 0) is 140 Å². The quantitative estimate of drug-likeness (QED) is 0.123. The van der Waals surface area contributed by atoms with Crippen molar-refractivity contribution in [2.24, 2.45) is 0 Å². The van der Waals surface area contributed by atoms with Crippen molar-refractivity contribution in [3.63, 3.8) is 0 Å². The molecule has 0 unspecified atom stereocenters. The van der Waals surface area contributed by atoms with Crippen molar-refractivity contribution >= 4 is 65.5 Å². The summed E-state index contributed by atoms with van der Waals surface area (Å²) in [5.41, 5.74) is 13.3. The van der Waals surface area contributed by atoms with Crippen LogP contribution in [0.5, 0.6) is 0 Å². The molecule has 9 aromatic carbocycles. The highest BCUT2D eigenvalue weighted by molar-refractivity contribution is 6.25. The van der Waals surface area contributed by atoms with Crippen LogP contribution in [0.3, 0.4) is 0 Å². The number of hydrogen-bond donors (Lipinski definition) is 0. The zero-order valence-electron chi connectivity index (χ0n) is 32.7. The summed E-state index contributed by atoms with van der Waals surface area (Å²) in [7, 11) is 0. The first-order valence-corrected chi connectivity index (χ1v) is 20.0. The summed E-state index contributed by atoms with van der Waals surface area (Å²) in [6, 6.07) is 57.6. The molecule has 0 atom stereocenters. The third-order valence-corrected chi connectivity index (χ3v) is 12.6. The summed E-state index contributed by atoms with van der Waals surface area (Å²) >= 11 is 0. The molecule has 266 valence electrons. The molecule has 0 heterocycles. The van der Waals surface area contributed by atoms with Crippen molar-refractivity contribution in [3.8, 4) is 22.3 Å². The van der Waals surface area contributed by atoms with Crippen molar-refractivity contribution in [2.45, 2.75) is 58.8 Å². The van der Waals surface area contributed by atoms with Gasteiger partial charge in [-0.1, -0.05) is 181 Å². The van der Waals surface area contributed by atoms with Crippen LogP contribution in [0.4, 0.5) is 0 Å². The molecule has 0 saturated heterocycles. The molecule has 0 aromatic heterocycles. The largest absolute Gasteiger partial charge is 0.0616 e. The highest BCUT2D eigenvalue weighted by Crippen LogP contribution is 2.53. The van der Waals surface area contributed by atoms with E-state index in [0.29, 0.717) is 11.8 Å². The zero-order valence-corrected chi connectivity index (χ0v) is 32.7. The lowest BCUT2D eigenvalue weighted by Gasteiger charge is -2.28. The number of rotatable bonds is 5. The van der Waals surface area contributed by atoms with E-state index in [-0.39, 0.29) is 5.41 Å². The number of hydrogen-bond acceptors (Lipinski definition) is 0. The van der Waals surface area contributed by atoms with Crippen LogP contribution in [0.1, 0.15) is 81.2 Å². The van der Waals surface area contributed by atoms with Crippen LogP contribution in [-0.4, -0.2) is 0 Å². The van der Waals surface area contributed by atoms with Crippen molar-refractivity contribution in [1.82, 2.24) is 0 Å².